The van der Waals surface area contributed by atoms with Crippen LogP contribution in [0.2, 0.25) is 0 Å². The lowest BCUT2D eigenvalue weighted by Crippen LogP contribution is -2.40. The Hall–Kier alpha value is -4.63. The van der Waals surface area contributed by atoms with Crippen LogP contribution in [-0.4, -0.2) is 40.1 Å². The Kier molecular flexibility index (Phi) is 7.55. The summed E-state index contributed by atoms with van der Waals surface area (Å²) in [5, 5.41) is 2.27. The number of nitrogens with one attached hydrogen (secondary N) is 1. The average molecular weight is 590 g/mol. The zero-order valence-electron chi connectivity index (χ0n) is 20.8. The van der Waals surface area contributed by atoms with Crippen LogP contribution in [0.4, 0.5) is 17.6 Å². The van der Waals surface area contributed by atoms with Crippen LogP contribution < -0.4 is 5.32 Å². The van der Waals surface area contributed by atoms with E-state index in [2.05, 4.69) is 20.3 Å². The smallest absolute Gasteiger partial charge is 0.416 e. The van der Waals surface area contributed by atoms with Gasteiger partial charge in [-0.3, -0.25) is 4.79 Å². The maximum Gasteiger partial charge on any atom is 0.416 e. The fourth-order valence-corrected chi connectivity index (χ4v) is 5.13. The summed E-state index contributed by atoms with van der Waals surface area (Å²) in [6, 6.07) is 10.6. The third-order valence-electron chi connectivity index (χ3n) is 5.86. The SMILES string of the molecule is O=C(CN(Cc1ncco1)S(=O)(=O)c1cc2cc(F)ccc2o1)NCc1cc(-c2ccc(C(F)(F)F)cc2)ncn1. The van der Waals surface area contributed by atoms with Crippen molar-refractivity contribution in [3.8, 4) is 11.3 Å². The van der Waals surface area contributed by atoms with Crippen LogP contribution in [0.3, 0.4) is 0 Å². The first-order chi connectivity index (χ1) is 19.5. The van der Waals surface area contributed by atoms with Crippen molar-refractivity contribution in [1.29, 1.82) is 0 Å². The van der Waals surface area contributed by atoms with Gasteiger partial charge in [0.05, 0.1) is 42.8 Å². The number of fused-ring (bicyclic) bond motifs is 1. The van der Waals surface area contributed by atoms with Crippen molar-refractivity contribution in [3.63, 3.8) is 0 Å². The highest BCUT2D eigenvalue weighted by molar-refractivity contribution is 7.89. The summed E-state index contributed by atoms with van der Waals surface area (Å²) in [7, 11) is -4.41. The van der Waals surface area contributed by atoms with E-state index in [1.165, 1.54) is 43.1 Å². The predicted octanol–water partition coefficient (Wildman–Crippen LogP) is 4.54. The van der Waals surface area contributed by atoms with Crippen LogP contribution in [0.15, 0.2) is 87.3 Å². The predicted molar refractivity (Wildman–Crippen MR) is 135 cm³/mol. The van der Waals surface area contributed by atoms with Gasteiger partial charge in [0.1, 0.15) is 24.0 Å². The van der Waals surface area contributed by atoms with Crippen molar-refractivity contribution < 1.29 is 39.6 Å². The molecule has 0 saturated heterocycles. The van der Waals surface area contributed by atoms with E-state index in [-0.39, 0.29) is 23.4 Å². The molecule has 0 aliphatic heterocycles. The van der Waals surface area contributed by atoms with E-state index in [0.29, 0.717) is 17.0 Å². The second-order valence-electron chi connectivity index (χ2n) is 8.69. The first-order valence-electron chi connectivity index (χ1n) is 11.8. The number of oxazole rings is 1. The maximum atomic E-state index is 13.6. The second-order valence-corrected chi connectivity index (χ2v) is 10.6. The molecule has 3 aromatic heterocycles. The van der Waals surface area contributed by atoms with Gasteiger partial charge in [0.25, 0.3) is 10.0 Å². The number of carbonyl (C=O) groups excluding carboxylic acids is 1. The van der Waals surface area contributed by atoms with Crippen molar-refractivity contribution in [2.75, 3.05) is 6.54 Å². The molecule has 0 aliphatic rings. The van der Waals surface area contributed by atoms with Crippen LogP contribution in [0.25, 0.3) is 22.2 Å². The molecule has 41 heavy (non-hydrogen) atoms. The molecule has 5 rings (SSSR count). The van der Waals surface area contributed by atoms with E-state index in [9.17, 15) is 30.8 Å². The van der Waals surface area contributed by atoms with Crippen molar-refractivity contribution in [2.24, 2.45) is 0 Å². The highest BCUT2D eigenvalue weighted by atomic mass is 32.2. The third-order valence-corrected chi connectivity index (χ3v) is 7.51. The van der Waals surface area contributed by atoms with E-state index >= 15 is 0 Å². The van der Waals surface area contributed by atoms with Gasteiger partial charge in [-0.15, -0.1) is 0 Å². The van der Waals surface area contributed by atoms with Gasteiger partial charge in [-0.2, -0.15) is 17.5 Å². The minimum absolute atomic E-state index is 0.0144. The topological polar surface area (TPSA) is 131 Å². The third kappa shape index (κ3) is 6.41. The molecule has 15 heteroatoms. The molecule has 0 aliphatic carbocycles. The standard InChI is InChI=1S/C26H19F4N5O5S/c27-19-5-6-22-17(9-19)10-25(40-22)41(37,38)35(14-24-31-7-8-39-24)13-23(36)32-12-20-11-21(34-15-33-20)16-1-3-18(4-2-16)26(28,29)30/h1-11,15H,12-14H2,(H,32,36). The molecule has 5 aromatic rings. The Labute approximate surface area is 229 Å². The fraction of sp³-hybridized carbons (Fsp3) is 0.154. The van der Waals surface area contributed by atoms with Crippen molar-refractivity contribution in [1.82, 2.24) is 24.6 Å². The normalized spacial score (nSPS) is 12.2. The minimum atomic E-state index is -4.48. The number of alkyl halides is 3. The van der Waals surface area contributed by atoms with Crippen LogP contribution in [0.5, 0.6) is 0 Å². The number of rotatable bonds is 9. The summed E-state index contributed by atoms with van der Waals surface area (Å²) in [6.07, 6.45) is -0.727. The molecule has 0 radical (unpaired) electrons. The van der Waals surface area contributed by atoms with E-state index in [4.69, 9.17) is 8.83 Å². The zero-order valence-corrected chi connectivity index (χ0v) is 21.6. The van der Waals surface area contributed by atoms with Crippen LogP contribution in [0.1, 0.15) is 17.1 Å². The zero-order chi connectivity index (χ0) is 29.2. The van der Waals surface area contributed by atoms with E-state index < -0.39 is 51.7 Å². The Morgan fingerprint density at radius 2 is 1.78 bits per heavy atom. The average Bonchev–Trinajstić information content (AvgIpc) is 3.61. The van der Waals surface area contributed by atoms with Crippen molar-refractivity contribution in [3.05, 3.63) is 96.3 Å². The molecule has 0 bridgehead atoms. The number of aromatic nitrogens is 3. The summed E-state index contributed by atoms with van der Waals surface area (Å²) in [5.74, 6) is -1.28. The molecule has 10 nitrogen and oxygen atoms in total. The summed E-state index contributed by atoms with van der Waals surface area (Å²) in [4.78, 5) is 24.9. The molecule has 0 saturated carbocycles. The minimum Gasteiger partial charge on any atom is -0.448 e. The van der Waals surface area contributed by atoms with Crippen LogP contribution >= 0.6 is 0 Å². The first kappa shape index (κ1) is 27.9. The van der Waals surface area contributed by atoms with Crippen LogP contribution in [-0.2, 0) is 34.1 Å². The van der Waals surface area contributed by atoms with Crippen molar-refractivity contribution >= 4 is 26.9 Å². The number of amides is 1. The Balaban J connectivity index is 1.31. The van der Waals surface area contributed by atoms with Crippen molar-refractivity contribution in [2.45, 2.75) is 24.4 Å². The van der Waals surface area contributed by atoms with Crippen LogP contribution in [0, 0.1) is 5.82 Å². The van der Waals surface area contributed by atoms with E-state index in [1.54, 1.807) is 0 Å². The second kappa shape index (κ2) is 11.1. The van der Waals surface area contributed by atoms with Gasteiger partial charge in [0.2, 0.25) is 16.9 Å². The molecular weight excluding hydrogens is 570 g/mol. The lowest BCUT2D eigenvalue weighted by molar-refractivity contribution is -0.137. The number of carbonyl (C=O) groups is 1. The number of sulfonamides is 1. The quantitative estimate of drug-likeness (QED) is 0.248. The molecular formula is C26H19F4N5O5S. The summed E-state index contributed by atoms with van der Waals surface area (Å²) in [5.41, 5.74) is 0.388. The monoisotopic (exact) mass is 589 g/mol. The van der Waals surface area contributed by atoms with Gasteiger partial charge in [0.15, 0.2) is 0 Å². The number of hydrogen-bond acceptors (Lipinski definition) is 8. The Morgan fingerprint density at radius 3 is 2.49 bits per heavy atom. The van der Waals surface area contributed by atoms with Gasteiger partial charge in [-0.05, 0) is 36.4 Å². The Morgan fingerprint density at radius 1 is 1.00 bits per heavy atom. The summed E-state index contributed by atoms with van der Waals surface area (Å²) in [6.45, 7) is -1.20. The highest BCUT2D eigenvalue weighted by Crippen LogP contribution is 2.31. The van der Waals surface area contributed by atoms with Gasteiger partial charge >= 0.3 is 6.18 Å². The first-order valence-corrected chi connectivity index (χ1v) is 13.3. The van der Waals surface area contributed by atoms with E-state index in [0.717, 1.165) is 34.6 Å². The van der Waals surface area contributed by atoms with Gasteiger partial charge < -0.3 is 14.2 Å². The number of nitrogens with zero attached hydrogens (tertiary/aromatic N) is 4. The van der Waals surface area contributed by atoms with Gasteiger partial charge in [-0.1, -0.05) is 12.1 Å². The lowest BCUT2D eigenvalue weighted by atomic mass is 10.1. The molecule has 2 aromatic carbocycles. The number of benzene rings is 2. The summed E-state index contributed by atoms with van der Waals surface area (Å²) < 4.78 is 90.4. The summed E-state index contributed by atoms with van der Waals surface area (Å²) >= 11 is 0. The molecule has 1 N–H and O–H groups in total. The van der Waals surface area contributed by atoms with Gasteiger partial charge in [0, 0.05) is 17.0 Å². The maximum absolute atomic E-state index is 13.6. The molecule has 0 unspecified atom stereocenters. The number of hydrogen-bond donors (Lipinski definition) is 1. The fourth-order valence-electron chi connectivity index (χ4n) is 3.84. The molecule has 3 heterocycles. The number of halogens is 4. The molecule has 0 spiro atoms. The molecule has 0 atom stereocenters. The lowest BCUT2D eigenvalue weighted by Gasteiger charge is -2.19. The molecule has 212 valence electrons. The molecule has 1 amide bonds. The van der Waals surface area contributed by atoms with E-state index in [1.807, 2.05) is 0 Å². The largest absolute Gasteiger partial charge is 0.448 e. The highest BCUT2D eigenvalue weighted by Gasteiger charge is 2.32. The van der Waals surface area contributed by atoms with Gasteiger partial charge in [-0.25, -0.2) is 27.8 Å². The molecule has 0 fully saturated rings. The Bertz CT molecular complexity index is 1790. The number of furan rings is 1.